The van der Waals surface area contributed by atoms with E-state index in [0.29, 0.717) is 19.8 Å². The summed E-state index contributed by atoms with van der Waals surface area (Å²) in [7, 11) is -1.09. The average molecular weight is 313 g/mol. The Balaban J connectivity index is 4.82. The summed E-state index contributed by atoms with van der Waals surface area (Å²) in [6, 6.07) is 0. The molecule has 1 atom stereocenters. The van der Waals surface area contributed by atoms with Gasteiger partial charge in [0.2, 0.25) is 0 Å². The molecule has 0 aliphatic rings. The summed E-state index contributed by atoms with van der Waals surface area (Å²) >= 11 is 4.37. The van der Waals surface area contributed by atoms with Gasteiger partial charge in [0.05, 0.1) is 4.87 Å². The van der Waals surface area contributed by atoms with E-state index in [1.54, 1.807) is 0 Å². The van der Waals surface area contributed by atoms with Crippen LogP contribution in [-0.2, 0) is 13.3 Å². The van der Waals surface area contributed by atoms with E-state index in [1.165, 1.54) is 10.8 Å². The van der Waals surface area contributed by atoms with E-state index in [1.807, 2.05) is 0 Å². The van der Waals surface area contributed by atoms with Crippen LogP contribution in [0.5, 0.6) is 0 Å². The smallest absolute Gasteiger partial charge is 0.373 e. The highest BCUT2D eigenvalue weighted by Gasteiger charge is 2.49. The molecule has 0 amide bonds. The summed E-state index contributed by atoms with van der Waals surface area (Å²) in [4.78, 5) is 0.213. The van der Waals surface area contributed by atoms with Crippen molar-refractivity contribution < 1.29 is 13.3 Å². The molecule has 0 aliphatic heterocycles. The van der Waals surface area contributed by atoms with Crippen LogP contribution in [0.15, 0.2) is 0 Å². The zero-order valence-electron chi connectivity index (χ0n) is 12.1. The van der Waals surface area contributed by atoms with Crippen LogP contribution in [0.2, 0.25) is 0 Å². The van der Waals surface area contributed by atoms with Gasteiger partial charge in [-0.2, -0.15) is 0 Å². The molecule has 0 radical (unpaired) electrons. The maximum atomic E-state index is 6.05. The SMILES string of the molecule is CCCO[Si](OCCC)(OCCC)C(CC)SS. The maximum Gasteiger partial charge on any atom is 0.515 e. The van der Waals surface area contributed by atoms with Crippen molar-refractivity contribution in [1.82, 2.24) is 0 Å². The molecular formula is C12H28O3S2Si. The summed E-state index contributed by atoms with van der Waals surface area (Å²) in [5, 5.41) is 0. The molecule has 0 saturated heterocycles. The molecule has 0 aromatic carbocycles. The van der Waals surface area contributed by atoms with Gasteiger partial charge in [-0.05, 0) is 25.7 Å². The second-order valence-corrected chi connectivity index (χ2v) is 8.75. The van der Waals surface area contributed by atoms with E-state index in [0.717, 1.165) is 25.7 Å². The molecule has 6 heteroatoms. The van der Waals surface area contributed by atoms with Crippen molar-refractivity contribution in [3.8, 4) is 0 Å². The normalized spacial score (nSPS) is 13.8. The molecule has 0 aliphatic carbocycles. The molecule has 0 saturated carbocycles. The third kappa shape index (κ3) is 6.30. The van der Waals surface area contributed by atoms with Crippen LogP contribution in [0, 0.1) is 0 Å². The number of rotatable bonds is 12. The Morgan fingerprint density at radius 1 is 0.889 bits per heavy atom. The van der Waals surface area contributed by atoms with Crippen molar-refractivity contribution in [2.45, 2.75) is 58.3 Å². The summed E-state index contributed by atoms with van der Waals surface area (Å²) < 4.78 is 18.2. The molecule has 110 valence electrons. The summed E-state index contributed by atoms with van der Waals surface area (Å²) in [5.41, 5.74) is 0. The minimum Gasteiger partial charge on any atom is -0.373 e. The number of thiol groups is 1. The van der Waals surface area contributed by atoms with Crippen molar-refractivity contribution in [2.24, 2.45) is 0 Å². The Labute approximate surface area is 123 Å². The molecule has 0 fully saturated rings. The first-order chi connectivity index (χ1) is 8.70. The van der Waals surface area contributed by atoms with E-state index >= 15 is 0 Å². The Hall–Kier alpha value is 0.797. The van der Waals surface area contributed by atoms with Gasteiger partial charge in [0.15, 0.2) is 0 Å². The molecule has 0 aromatic rings. The Morgan fingerprint density at radius 3 is 1.50 bits per heavy atom. The molecule has 0 bridgehead atoms. The van der Waals surface area contributed by atoms with Crippen LogP contribution in [0.1, 0.15) is 53.4 Å². The predicted molar refractivity (Wildman–Crippen MR) is 85.1 cm³/mol. The lowest BCUT2D eigenvalue weighted by Crippen LogP contribution is -2.55. The van der Waals surface area contributed by atoms with Gasteiger partial charge in [-0.1, -0.05) is 38.5 Å². The summed E-state index contributed by atoms with van der Waals surface area (Å²) in [6.45, 7) is 10.5. The van der Waals surface area contributed by atoms with E-state index in [4.69, 9.17) is 13.3 Å². The lowest BCUT2D eigenvalue weighted by Gasteiger charge is -2.34. The van der Waals surface area contributed by atoms with Gasteiger partial charge in [0, 0.05) is 19.8 Å². The van der Waals surface area contributed by atoms with E-state index < -0.39 is 8.80 Å². The van der Waals surface area contributed by atoms with Gasteiger partial charge >= 0.3 is 8.80 Å². The van der Waals surface area contributed by atoms with Crippen molar-refractivity contribution in [3.05, 3.63) is 0 Å². The number of hydrogen-bond donors (Lipinski definition) is 1. The molecule has 0 N–H and O–H groups in total. The first-order valence-corrected chi connectivity index (χ1v) is 10.7. The monoisotopic (exact) mass is 312 g/mol. The Kier molecular flexibility index (Phi) is 12.1. The van der Waals surface area contributed by atoms with Gasteiger partial charge in [0.25, 0.3) is 0 Å². The molecule has 1 unspecified atom stereocenters. The summed E-state index contributed by atoms with van der Waals surface area (Å²) in [5.74, 6) is 0. The molecular weight excluding hydrogens is 284 g/mol. The van der Waals surface area contributed by atoms with Gasteiger partial charge < -0.3 is 13.3 Å². The number of hydrogen-bond acceptors (Lipinski definition) is 5. The average Bonchev–Trinajstić information content (AvgIpc) is 2.41. The lowest BCUT2D eigenvalue weighted by atomic mass is 10.5. The topological polar surface area (TPSA) is 27.7 Å². The minimum atomic E-state index is -2.60. The van der Waals surface area contributed by atoms with Gasteiger partial charge in [0.1, 0.15) is 0 Å². The zero-order chi connectivity index (χ0) is 13.9. The first-order valence-electron chi connectivity index (χ1n) is 6.92. The molecule has 18 heavy (non-hydrogen) atoms. The molecule has 0 spiro atoms. The second-order valence-electron chi connectivity index (χ2n) is 4.15. The predicted octanol–water partition coefficient (Wildman–Crippen LogP) is 4.10. The fraction of sp³-hybridized carbons (Fsp3) is 1.00. The fourth-order valence-corrected chi connectivity index (χ4v) is 7.19. The van der Waals surface area contributed by atoms with E-state index in [2.05, 4.69) is 39.4 Å². The Bertz CT molecular complexity index is 170. The quantitative estimate of drug-likeness (QED) is 0.333. The molecule has 0 heterocycles. The third-order valence-electron chi connectivity index (χ3n) is 2.41. The van der Waals surface area contributed by atoms with Crippen LogP contribution in [0.4, 0.5) is 0 Å². The highest BCUT2D eigenvalue weighted by molar-refractivity contribution is 8.69. The standard InChI is InChI=1S/C12H28O3S2Si/c1-5-9-13-18(14-10-6-2,15-11-7-3)12(8-4)17-16/h12,16H,5-11H2,1-4H3. The van der Waals surface area contributed by atoms with Crippen molar-refractivity contribution in [1.29, 1.82) is 0 Å². The molecule has 0 rings (SSSR count). The molecule has 3 nitrogen and oxygen atoms in total. The fourth-order valence-electron chi connectivity index (χ4n) is 1.53. The Morgan fingerprint density at radius 2 is 1.28 bits per heavy atom. The van der Waals surface area contributed by atoms with Crippen LogP contribution < -0.4 is 0 Å². The van der Waals surface area contributed by atoms with Crippen molar-refractivity contribution in [3.63, 3.8) is 0 Å². The van der Waals surface area contributed by atoms with Crippen LogP contribution in [0.3, 0.4) is 0 Å². The lowest BCUT2D eigenvalue weighted by molar-refractivity contribution is 0.0573. The van der Waals surface area contributed by atoms with E-state index in [9.17, 15) is 0 Å². The van der Waals surface area contributed by atoms with Gasteiger partial charge in [-0.25, -0.2) is 0 Å². The first kappa shape index (κ1) is 18.8. The highest BCUT2D eigenvalue weighted by Crippen LogP contribution is 2.31. The van der Waals surface area contributed by atoms with Crippen molar-refractivity contribution >= 4 is 31.3 Å². The zero-order valence-corrected chi connectivity index (χ0v) is 14.8. The van der Waals surface area contributed by atoms with Crippen LogP contribution in [-0.4, -0.2) is 33.5 Å². The minimum absolute atomic E-state index is 0.213. The van der Waals surface area contributed by atoms with Crippen LogP contribution in [0.25, 0.3) is 0 Å². The third-order valence-corrected chi connectivity index (χ3v) is 8.60. The largest absolute Gasteiger partial charge is 0.515 e. The maximum absolute atomic E-state index is 6.05. The van der Waals surface area contributed by atoms with Gasteiger partial charge in [-0.15, -0.1) is 11.7 Å². The van der Waals surface area contributed by atoms with Gasteiger partial charge in [-0.3, -0.25) is 0 Å². The highest BCUT2D eigenvalue weighted by atomic mass is 33.1. The molecule has 0 aromatic heterocycles. The van der Waals surface area contributed by atoms with Crippen molar-refractivity contribution in [2.75, 3.05) is 19.8 Å². The second kappa shape index (κ2) is 11.6. The van der Waals surface area contributed by atoms with E-state index in [-0.39, 0.29) is 4.87 Å². The summed E-state index contributed by atoms with van der Waals surface area (Å²) in [6.07, 6.45) is 3.89. The van der Waals surface area contributed by atoms with Crippen LogP contribution >= 0.6 is 22.5 Å².